The van der Waals surface area contributed by atoms with Crippen LogP contribution in [0.15, 0.2) is 77.1 Å². The Morgan fingerprint density at radius 3 is 2.64 bits per heavy atom. The normalized spacial score (nSPS) is 11.7. The van der Waals surface area contributed by atoms with Gasteiger partial charge in [0, 0.05) is 11.6 Å². The molecule has 0 amide bonds. The first-order valence-corrected chi connectivity index (χ1v) is 7.16. The van der Waals surface area contributed by atoms with Crippen molar-refractivity contribution in [1.29, 1.82) is 0 Å². The molecule has 2 aromatic carbocycles. The molecule has 0 bridgehead atoms. The molecule has 22 heavy (non-hydrogen) atoms. The van der Waals surface area contributed by atoms with Gasteiger partial charge in [0.15, 0.2) is 5.82 Å². The van der Waals surface area contributed by atoms with Crippen LogP contribution >= 0.6 is 0 Å². The largest absolute Gasteiger partial charge is 0.283 e. The van der Waals surface area contributed by atoms with Crippen molar-refractivity contribution in [2.45, 2.75) is 6.92 Å². The minimum atomic E-state index is 0.767. The van der Waals surface area contributed by atoms with Gasteiger partial charge in [-0.05, 0) is 30.5 Å². The molecule has 0 saturated heterocycles. The summed E-state index contributed by atoms with van der Waals surface area (Å²) in [5.41, 5.74) is 2.62. The van der Waals surface area contributed by atoms with E-state index < -0.39 is 0 Å². The summed E-state index contributed by atoms with van der Waals surface area (Å²) in [6.07, 6.45) is 1.95. The maximum atomic E-state index is 4.50. The third-order valence-electron chi connectivity index (χ3n) is 3.69. The second-order valence-corrected chi connectivity index (χ2v) is 5.15. The van der Waals surface area contributed by atoms with Crippen LogP contribution in [0.1, 0.15) is 5.69 Å². The van der Waals surface area contributed by atoms with Gasteiger partial charge in [-0.15, -0.1) is 10.2 Å². The van der Waals surface area contributed by atoms with Gasteiger partial charge < -0.3 is 0 Å². The fourth-order valence-electron chi connectivity index (χ4n) is 2.62. The van der Waals surface area contributed by atoms with Crippen LogP contribution in [0.25, 0.3) is 16.4 Å². The van der Waals surface area contributed by atoms with Crippen molar-refractivity contribution in [3.63, 3.8) is 0 Å². The summed E-state index contributed by atoms with van der Waals surface area (Å²) in [7, 11) is 0. The number of aryl methyl sites for hydroxylation is 1. The van der Waals surface area contributed by atoms with Crippen LogP contribution in [0.3, 0.4) is 0 Å². The van der Waals surface area contributed by atoms with Crippen LogP contribution < -0.4 is 0 Å². The number of rotatable bonds is 2. The maximum Gasteiger partial charge on any atom is 0.182 e. The highest BCUT2D eigenvalue weighted by atomic mass is 15.2. The van der Waals surface area contributed by atoms with Crippen molar-refractivity contribution in [1.82, 2.24) is 9.38 Å². The van der Waals surface area contributed by atoms with Crippen molar-refractivity contribution in [3.05, 3.63) is 72.6 Å². The lowest BCUT2D eigenvalue weighted by Crippen LogP contribution is -1.81. The standard InChI is InChI=1S/C18H14N4/c1-13-18(22-12-5-4-11-17(22)19-13)21-20-16-10-6-8-14-7-2-3-9-15(14)16/h2-12H,1H3. The monoisotopic (exact) mass is 286 g/mol. The molecule has 106 valence electrons. The zero-order valence-corrected chi connectivity index (χ0v) is 12.1. The Bertz CT molecular complexity index is 993. The average Bonchev–Trinajstić information content (AvgIpc) is 2.88. The van der Waals surface area contributed by atoms with Gasteiger partial charge in [0.05, 0.1) is 11.4 Å². The molecule has 4 aromatic rings. The molecule has 0 spiro atoms. The van der Waals surface area contributed by atoms with E-state index in [1.54, 1.807) is 0 Å². The molecule has 0 saturated carbocycles. The van der Waals surface area contributed by atoms with Gasteiger partial charge in [0.25, 0.3) is 0 Å². The molecule has 0 N–H and O–H groups in total. The third-order valence-corrected chi connectivity index (χ3v) is 3.69. The van der Waals surface area contributed by atoms with E-state index in [4.69, 9.17) is 0 Å². The topological polar surface area (TPSA) is 42.0 Å². The summed E-state index contributed by atoms with van der Waals surface area (Å²) < 4.78 is 1.95. The number of hydrogen-bond donors (Lipinski definition) is 0. The molecule has 0 radical (unpaired) electrons. The summed E-state index contributed by atoms with van der Waals surface area (Å²) in [4.78, 5) is 4.50. The Balaban J connectivity index is 1.84. The summed E-state index contributed by atoms with van der Waals surface area (Å²) >= 11 is 0. The predicted molar refractivity (Wildman–Crippen MR) is 88.1 cm³/mol. The number of pyridine rings is 1. The molecule has 0 unspecified atom stereocenters. The van der Waals surface area contributed by atoms with Crippen LogP contribution in [0.4, 0.5) is 11.5 Å². The third kappa shape index (κ3) is 2.05. The van der Waals surface area contributed by atoms with Crippen LogP contribution in [0.5, 0.6) is 0 Å². The first kappa shape index (κ1) is 12.7. The number of benzene rings is 2. The zero-order chi connectivity index (χ0) is 14.9. The van der Waals surface area contributed by atoms with Crippen LogP contribution in [0.2, 0.25) is 0 Å². The molecule has 0 fully saturated rings. The van der Waals surface area contributed by atoms with Gasteiger partial charge >= 0.3 is 0 Å². The smallest absolute Gasteiger partial charge is 0.182 e. The summed E-state index contributed by atoms with van der Waals surface area (Å²) in [5.74, 6) is 0.767. The lowest BCUT2D eigenvalue weighted by Gasteiger charge is -2.00. The van der Waals surface area contributed by atoms with E-state index in [0.29, 0.717) is 0 Å². The first-order chi connectivity index (χ1) is 10.8. The van der Waals surface area contributed by atoms with E-state index in [-0.39, 0.29) is 0 Å². The Hall–Kier alpha value is -3.01. The molecule has 0 aliphatic rings. The number of imidazole rings is 1. The number of hydrogen-bond acceptors (Lipinski definition) is 3. The van der Waals surface area contributed by atoms with Gasteiger partial charge in [-0.1, -0.05) is 42.5 Å². The van der Waals surface area contributed by atoms with E-state index in [9.17, 15) is 0 Å². The van der Waals surface area contributed by atoms with E-state index >= 15 is 0 Å². The van der Waals surface area contributed by atoms with Gasteiger partial charge in [0.2, 0.25) is 0 Å². The van der Waals surface area contributed by atoms with E-state index in [1.807, 2.05) is 60.0 Å². The first-order valence-electron chi connectivity index (χ1n) is 7.16. The van der Waals surface area contributed by atoms with Crippen LogP contribution in [0, 0.1) is 6.92 Å². The average molecular weight is 286 g/mol. The van der Waals surface area contributed by atoms with Gasteiger partial charge in [-0.3, -0.25) is 4.40 Å². The zero-order valence-electron chi connectivity index (χ0n) is 12.1. The van der Waals surface area contributed by atoms with Crippen molar-refractivity contribution in [2.75, 3.05) is 0 Å². The molecule has 2 heterocycles. The summed E-state index contributed by atoms with van der Waals surface area (Å²) in [6, 6.07) is 20.1. The van der Waals surface area contributed by atoms with E-state index in [0.717, 1.165) is 33.6 Å². The predicted octanol–water partition coefficient (Wildman–Crippen LogP) is 5.21. The lowest BCUT2D eigenvalue weighted by atomic mass is 10.1. The van der Waals surface area contributed by atoms with Gasteiger partial charge in [-0.25, -0.2) is 4.98 Å². The number of azo groups is 1. The Morgan fingerprint density at radius 2 is 1.68 bits per heavy atom. The van der Waals surface area contributed by atoms with Crippen LogP contribution in [-0.4, -0.2) is 9.38 Å². The fraction of sp³-hybridized carbons (Fsp3) is 0.0556. The minimum absolute atomic E-state index is 0.767. The van der Waals surface area contributed by atoms with Crippen LogP contribution in [-0.2, 0) is 0 Å². The van der Waals surface area contributed by atoms with Crippen molar-refractivity contribution in [2.24, 2.45) is 10.2 Å². The highest BCUT2D eigenvalue weighted by molar-refractivity contribution is 5.92. The molecule has 4 nitrogen and oxygen atoms in total. The SMILES string of the molecule is Cc1nc2ccccn2c1N=Nc1cccc2ccccc12. The molecular formula is C18H14N4. The minimum Gasteiger partial charge on any atom is -0.283 e. The highest BCUT2D eigenvalue weighted by Crippen LogP contribution is 2.28. The fourth-order valence-corrected chi connectivity index (χ4v) is 2.62. The molecule has 0 atom stereocenters. The summed E-state index contributed by atoms with van der Waals surface area (Å²) in [5, 5.41) is 11.2. The molecule has 4 heteroatoms. The second-order valence-electron chi connectivity index (χ2n) is 5.15. The summed E-state index contributed by atoms with van der Waals surface area (Å²) in [6.45, 7) is 1.95. The maximum absolute atomic E-state index is 4.50. The molecule has 0 aliphatic carbocycles. The number of nitrogens with zero attached hydrogens (tertiary/aromatic N) is 4. The molecular weight excluding hydrogens is 272 g/mol. The Labute approximate surface area is 127 Å². The number of fused-ring (bicyclic) bond motifs is 2. The second kappa shape index (κ2) is 5.07. The van der Waals surface area contributed by atoms with E-state index in [2.05, 4.69) is 33.4 Å². The van der Waals surface area contributed by atoms with Gasteiger partial charge in [0.1, 0.15) is 5.65 Å². The molecule has 4 rings (SSSR count). The lowest BCUT2D eigenvalue weighted by molar-refractivity contribution is 1.10. The van der Waals surface area contributed by atoms with Gasteiger partial charge in [-0.2, -0.15) is 0 Å². The van der Waals surface area contributed by atoms with Crippen molar-refractivity contribution < 1.29 is 0 Å². The van der Waals surface area contributed by atoms with Crippen molar-refractivity contribution >= 4 is 27.9 Å². The quantitative estimate of drug-likeness (QED) is 0.466. The Kier molecular flexibility index (Phi) is 2.93. The molecule has 0 aliphatic heterocycles. The van der Waals surface area contributed by atoms with Crippen molar-refractivity contribution in [3.8, 4) is 0 Å². The number of aromatic nitrogens is 2. The molecule has 2 aromatic heterocycles. The Morgan fingerprint density at radius 1 is 0.864 bits per heavy atom. The van der Waals surface area contributed by atoms with E-state index in [1.165, 1.54) is 0 Å². The highest BCUT2D eigenvalue weighted by Gasteiger charge is 2.07.